The normalized spacial score (nSPS) is 11.4. The number of hydrogen-bond acceptors (Lipinski definition) is 3. The van der Waals surface area contributed by atoms with Crippen molar-refractivity contribution in [3.05, 3.63) is 35.9 Å². The summed E-state index contributed by atoms with van der Waals surface area (Å²) in [6.45, 7) is 0.444. The largest absolute Gasteiger partial charge is 0.393 e. The third kappa shape index (κ3) is 7.92. The molecule has 0 radical (unpaired) electrons. The van der Waals surface area contributed by atoms with E-state index in [2.05, 4.69) is 4.72 Å². The molecule has 0 spiro atoms. The van der Waals surface area contributed by atoms with E-state index in [0.29, 0.717) is 24.4 Å². The van der Waals surface area contributed by atoms with E-state index >= 15 is 0 Å². The van der Waals surface area contributed by atoms with Crippen LogP contribution in [0.2, 0.25) is 0 Å². The lowest BCUT2D eigenvalue weighted by molar-refractivity contribution is 0.577. The Balaban J connectivity index is 2.23. The van der Waals surface area contributed by atoms with Crippen LogP contribution in [0.4, 0.5) is 0 Å². The Morgan fingerprint density at radius 3 is 2.53 bits per heavy atom. The first kappa shape index (κ1) is 16.1. The van der Waals surface area contributed by atoms with Crippen molar-refractivity contribution < 1.29 is 8.42 Å². The van der Waals surface area contributed by atoms with Crippen molar-refractivity contribution in [2.24, 2.45) is 5.73 Å². The molecule has 0 heterocycles. The number of unbranched alkanes of at least 4 members (excludes halogenated alkanes) is 1. The van der Waals surface area contributed by atoms with Crippen LogP contribution in [0.1, 0.15) is 24.8 Å². The van der Waals surface area contributed by atoms with Gasteiger partial charge in [0.2, 0.25) is 10.0 Å². The number of thiocarbonyl (C=S) groups is 1. The molecule has 0 aliphatic carbocycles. The first-order valence-electron chi connectivity index (χ1n) is 6.29. The fourth-order valence-corrected chi connectivity index (χ4v) is 2.87. The summed E-state index contributed by atoms with van der Waals surface area (Å²) in [6.07, 6.45) is 2.77. The number of rotatable bonds is 9. The maximum atomic E-state index is 11.7. The summed E-state index contributed by atoms with van der Waals surface area (Å²) in [6, 6.07) is 9.59. The van der Waals surface area contributed by atoms with Gasteiger partial charge in [-0.2, -0.15) is 0 Å². The van der Waals surface area contributed by atoms with Crippen molar-refractivity contribution in [3.8, 4) is 0 Å². The minimum absolute atomic E-state index is 0.117. The molecule has 6 heteroatoms. The Morgan fingerprint density at radius 2 is 1.89 bits per heavy atom. The van der Waals surface area contributed by atoms with Gasteiger partial charge in [0.05, 0.1) is 10.7 Å². The third-order valence-electron chi connectivity index (χ3n) is 2.67. The Bertz CT molecular complexity index is 487. The van der Waals surface area contributed by atoms with Gasteiger partial charge in [-0.1, -0.05) is 42.5 Å². The highest BCUT2D eigenvalue weighted by molar-refractivity contribution is 7.89. The molecule has 0 saturated carbocycles. The molecule has 0 unspecified atom stereocenters. The van der Waals surface area contributed by atoms with Crippen LogP contribution in [0.15, 0.2) is 30.3 Å². The number of sulfonamides is 1. The molecule has 0 amide bonds. The number of nitrogens with two attached hydrogens (primary N) is 1. The zero-order valence-electron chi connectivity index (χ0n) is 10.8. The predicted octanol–water partition coefficient (Wildman–Crippen LogP) is 1.60. The summed E-state index contributed by atoms with van der Waals surface area (Å²) in [5, 5.41) is 0. The van der Waals surface area contributed by atoms with Gasteiger partial charge in [-0.15, -0.1) is 0 Å². The highest BCUT2D eigenvalue weighted by atomic mass is 32.2. The van der Waals surface area contributed by atoms with Crippen LogP contribution in [0.25, 0.3) is 0 Å². The Hall–Kier alpha value is -0.980. The molecule has 1 aromatic rings. The van der Waals surface area contributed by atoms with E-state index in [9.17, 15) is 8.42 Å². The maximum Gasteiger partial charge on any atom is 0.211 e. The lowest BCUT2D eigenvalue weighted by Gasteiger charge is -2.06. The Labute approximate surface area is 120 Å². The smallest absolute Gasteiger partial charge is 0.211 e. The molecule has 1 rings (SSSR count). The van der Waals surface area contributed by atoms with Gasteiger partial charge in [0.1, 0.15) is 0 Å². The summed E-state index contributed by atoms with van der Waals surface area (Å²) in [5.74, 6) is 0.117. The maximum absolute atomic E-state index is 11.7. The molecule has 106 valence electrons. The summed E-state index contributed by atoms with van der Waals surface area (Å²) >= 11 is 4.75. The first-order valence-corrected chi connectivity index (χ1v) is 8.35. The molecule has 4 nitrogen and oxygen atoms in total. The molecular formula is C13H20N2O2S2. The third-order valence-corrected chi connectivity index (χ3v) is 4.26. The van der Waals surface area contributed by atoms with Gasteiger partial charge in [-0.05, 0) is 31.2 Å². The average Bonchev–Trinajstić information content (AvgIpc) is 2.37. The van der Waals surface area contributed by atoms with Crippen LogP contribution < -0.4 is 10.5 Å². The van der Waals surface area contributed by atoms with Crippen molar-refractivity contribution in [2.75, 3.05) is 12.3 Å². The zero-order chi connectivity index (χ0) is 14.1. The molecular weight excluding hydrogens is 280 g/mol. The fourth-order valence-electron chi connectivity index (χ4n) is 1.62. The molecule has 0 aliphatic heterocycles. The second-order valence-corrected chi connectivity index (χ2v) is 6.82. The van der Waals surface area contributed by atoms with E-state index in [1.165, 1.54) is 0 Å². The van der Waals surface area contributed by atoms with E-state index < -0.39 is 10.0 Å². The molecule has 0 saturated heterocycles. The second-order valence-electron chi connectivity index (χ2n) is 4.37. The minimum Gasteiger partial charge on any atom is -0.393 e. The monoisotopic (exact) mass is 300 g/mol. The van der Waals surface area contributed by atoms with Gasteiger partial charge in [-0.25, -0.2) is 13.1 Å². The van der Waals surface area contributed by atoms with Crippen LogP contribution in [0.3, 0.4) is 0 Å². The molecule has 0 fully saturated rings. The van der Waals surface area contributed by atoms with Gasteiger partial charge in [-0.3, -0.25) is 0 Å². The molecule has 0 bridgehead atoms. The van der Waals surface area contributed by atoms with Crippen molar-refractivity contribution in [1.29, 1.82) is 0 Å². The zero-order valence-corrected chi connectivity index (χ0v) is 12.5. The van der Waals surface area contributed by atoms with Gasteiger partial charge in [0, 0.05) is 6.54 Å². The number of benzene rings is 1. The quantitative estimate of drug-likeness (QED) is 0.537. The molecule has 0 atom stereocenters. The minimum atomic E-state index is -3.19. The van der Waals surface area contributed by atoms with E-state index in [1.54, 1.807) is 0 Å². The van der Waals surface area contributed by atoms with Crippen LogP contribution >= 0.6 is 12.2 Å². The summed E-state index contributed by atoms with van der Waals surface area (Å²) in [4.78, 5) is 0.479. The number of nitrogens with one attached hydrogen (secondary N) is 1. The summed E-state index contributed by atoms with van der Waals surface area (Å²) in [5.41, 5.74) is 6.39. The van der Waals surface area contributed by atoms with Gasteiger partial charge in [0.25, 0.3) is 0 Å². The summed E-state index contributed by atoms with van der Waals surface area (Å²) in [7, 11) is -3.19. The fraction of sp³-hybridized carbons (Fsp3) is 0.462. The van der Waals surface area contributed by atoms with E-state index in [1.807, 2.05) is 30.3 Å². The lowest BCUT2D eigenvalue weighted by atomic mass is 10.2. The molecule has 0 aliphatic rings. The van der Waals surface area contributed by atoms with E-state index in [-0.39, 0.29) is 5.75 Å². The number of aryl methyl sites for hydroxylation is 1. The molecule has 19 heavy (non-hydrogen) atoms. The highest BCUT2D eigenvalue weighted by Gasteiger charge is 2.09. The lowest BCUT2D eigenvalue weighted by Crippen LogP contribution is -2.28. The van der Waals surface area contributed by atoms with Crippen molar-refractivity contribution in [3.63, 3.8) is 0 Å². The van der Waals surface area contributed by atoms with Crippen LogP contribution in [0, 0.1) is 0 Å². The number of hydrogen-bond donors (Lipinski definition) is 2. The molecule has 1 aromatic carbocycles. The second kappa shape index (κ2) is 8.24. The standard InChI is InChI=1S/C13H20N2O2S2/c14-13(18)8-4-5-10-15-19(16,17)11-9-12-6-2-1-3-7-12/h1-3,6-7,15H,4-5,8-11H2,(H2,14,18). The average molecular weight is 300 g/mol. The molecule has 3 N–H and O–H groups in total. The van der Waals surface area contributed by atoms with Gasteiger partial charge >= 0.3 is 0 Å². The Kier molecular flexibility index (Phi) is 6.97. The van der Waals surface area contributed by atoms with Gasteiger partial charge in [0.15, 0.2) is 0 Å². The first-order chi connectivity index (χ1) is 8.99. The highest BCUT2D eigenvalue weighted by Crippen LogP contribution is 2.02. The van der Waals surface area contributed by atoms with Crippen LogP contribution in [0.5, 0.6) is 0 Å². The predicted molar refractivity (Wildman–Crippen MR) is 82.6 cm³/mol. The Morgan fingerprint density at radius 1 is 1.21 bits per heavy atom. The topological polar surface area (TPSA) is 72.2 Å². The van der Waals surface area contributed by atoms with Gasteiger partial charge < -0.3 is 5.73 Å². The molecule has 0 aromatic heterocycles. The van der Waals surface area contributed by atoms with Crippen molar-refractivity contribution in [1.82, 2.24) is 4.72 Å². The van der Waals surface area contributed by atoms with Crippen molar-refractivity contribution >= 4 is 27.2 Å². The van der Waals surface area contributed by atoms with Crippen LogP contribution in [-0.4, -0.2) is 25.7 Å². The summed E-state index contributed by atoms with van der Waals surface area (Å²) < 4.78 is 26.1. The van der Waals surface area contributed by atoms with Crippen molar-refractivity contribution in [2.45, 2.75) is 25.7 Å². The SMILES string of the molecule is NC(=S)CCCCNS(=O)(=O)CCc1ccccc1. The van der Waals surface area contributed by atoms with Crippen LogP contribution in [-0.2, 0) is 16.4 Å². The van der Waals surface area contributed by atoms with E-state index in [0.717, 1.165) is 18.4 Å². The van der Waals surface area contributed by atoms with E-state index in [4.69, 9.17) is 18.0 Å².